The van der Waals surface area contributed by atoms with Crippen LogP contribution >= 0.6 is 0 Å². The molecule has 1 aromatic carbocycles. The molecule has 0 fully saturated rings. The first kappa shape index (κ1) is 20.3. The first-order chi connectivity index (χ1) is 15.1. The van der Waals surface area contributed by atoms with E-state index in [0.29, 0.717) is 41.7 Å². The van der Waals surface area contributed by atoms with Gasteiger partial charge in [0.05, 0.1) is 29.9 Å². The summed E-state index contributed by atoms with van der Waals surface area (Å²) >= 11 is 0. The number of fused-ring (bicyclic) bond motifs is 1. The van der Waals surface area contributed by atoms with E-state index in [2.05, 4.69) is 20.4 Å². The van der Waals surface area contributed by atoms with E-state index >= 15 is 0 Å². The minimum Gasteiger partial charge on any atom is -0.462 e. The lowest BCUT2D eigenvalue weighted by molar-refractivity contribution is 0.0526. The molecule has 3 heterocycles. The van der Waals surface area contributed by atoms with Crippen molar-refractivity contribution >= 4 is 23.3 Å². The third-order valence-corrected chi connectivity index (χ3v) is 4.84. The number of nitrogens with one attached hydrogen (secondary N) is 1. The van der Waals surface area contributed by atoms with Crippen molar-refractivity contribution in [3.05, 3.63) is 72.3 Å². The van der Waals surface area contributed by atoms with Gasteiger partial charge in [-0.05, 0) is 26.8 Å². The highest BCUT2D eigenvalue weighted by Gasteiger charge is 2.21. The predicted molar refractivity (Wildman–Crippen MR) is 120 cm³/mol. The van der Waals surface area contributed by atoms with Gasteiger partial charge in [0.25, 0.3) is 0 Å². The largest absolute Gasteiger partial charge is 0.462 e. The number of allylic oxidation sites excluding steroid dienone is 1. The first-order valence-electron chi connectivity index (χ1n) is 10.2. The number of aromatic nitrogens is 5. The minimum absolute atomic E-state index is 0.302. The standard InChI is InChI=1S/C23H24N6O2/c1-4-18(21-17(22(30)31-6-3)14-24-29(21)5-2)25-20-12-13-28-15-19(26-23(28)27-20)16-10-8-7-9-11-16/h4,7-15H,5-6H2,1-3H3,(H,25,26,27). The molecule has 8 heteroatoms. The van der Waals surface area contributed by atoms with Gasteiger partial charge in [-0.15, -0.1) is 0 Å². The SMILES string of the molecule is CC=C(Nc1ccn2cc(-c3ccccc3)nc2n1)c1c(C(=O)OCC)cnn1CC. The number of aryl methyl sites for hydroxylation is 1. The van der Waals surface area contributed by atoms with E-state index in [0.717, 1.165) is 11.3 Å². The van der Waals surface area contributed by atoms with Crippen molar-refractivity contribution in [1.82, 2.24) is 24.1 Å². The molecule has 0 aliphatic carbocycles. The van der Waals surface area contributed by atoms with Crippen LogP contribution in [0.15, 0.2) is 61.1 Å². The Hall–Kier alpha value is -3.94. The molecular formula is C23H24N6O2. The lowest BCUT2D eigenvalue weighted by Crippen LogP contribution is -2.13. The molecule has 4 aromatic rings. The monoisotopic (exact) mass is 416 g/mol. The van der Waals surface area contributed by atoms with Gasteiger partial charge in [0.1, 0.15) is 11.4 Å². The molecule has 8 nitrogen and oxygen atoms in total. The zero-order valence-electron chi connectivity index (χ0n) is 17.7. The van der Waals surface area contributed by atoms with E-state index in [1.165, 1.54) is 0 Å². The molecule has 0 spiro atoms. The second kappa shape index (κ2) is 8.83. The lowest BCUT2D eigenvalue weighted by atomic mass is 10.2. The fraction of sp³-hybridized carbons (Fsp3) is 0.217. The van der Waals surface area contributed by atoms with Crippen LogP contribution in [0.2, 0.25) is 0 Å². The third-order valence-electron chi connectivity index (χ3n) is 4.84. The summed E-state index contributed by atoms with van der Waals surface area (Å²) < 4.78 is 8.84. The number of hydrogen-bond acceptors (Lipinski definition) is 6. The van der Waals surface area contributed by atoms with Crippen LogP contribution in [0.25, 0.3) is 22.7 Å². The quantitative estimate of drug-likeness (QED) is 0.453. The molecule has 1 N–H and O–H groups in total. The number of nitrogens with zero attached hydrogens (tertiary/aromatic N) is 5. The fourth-order valence-corrected chi connectivity index (χ4v) is 3.36. The maximum Gasteiger partial charge on any atom is 0.342 e. The molecule has 0 bridgehead atoms. The summed E-state index contributed by atoms with van der Waals surface area (Å²) in [6, 6.07) is 11.8. The van der Waals surface area contributed by atoms with Crippen LogP contribution in [0.4, 0.5) is 5.82 Å². The first-order valence-corrected chi connectivity index (χ1v) is 10.2. The van der Waals surface area contributed by atoms with Crippen LogP contribution in [0.5, 0.6) is 0 Å². The van der Waals surface area contributed by atoms with E-state index < -0.39 is 5.97 Å². The third kappa shape index (κ3) is 4.05. The summed E-state index contributed by atoms with van der Waals surface area (Å²) in [5.74, 6) is 0.793. The van der Waals surface area contributed by atoms with Crippen molar-refractivity contribution in [2.24, 2.45) is 0 Å². The molecule has 3 aromatic heterocycles. The smallest absolute Gasteiger partial charge is 0.342 e. The lowest BCUT2D eigenvalue weighted by Gasteiger charge is -2.13. The van der Waals surface area contributed by atoms with E-state index in [1.807, 2.05) is 73.1 Å². The van der Waals surface area contributed by atoms with Crippen LogP contribution in [0.1, 0.15) is 36.8 Å². The Kier molecular flexibility index (Phi) is 5.79. The highest BCUT2D eigenvalue weighted by Crippen LogP contribution is 2.23. The Bertz CT molecular complexity index is 1240. The summed E-state index contributed by atoms with van der Waals surface area (Å²) in [4.78, 5) is 21.7. The Morgan fingerprint density at radius 3 is 2.68 bits per heavy atom. The molecule has 0 atom stereocenters. The summed E-state index contributed by atoms with van der Waals surface area (Å²) in [5, 5.41) is 7.65. The van der Waals surface area contributed by atoms with Gasteiger partial charge in [-0.3, -0.25) is 9.08 Å². The maximum absolute atomic E-state index is 12.4. The van der Waals surface area contributed by atoms with Crippen molar-refractivity contribution in [3.63, 3.8) is 0 Å². The van der Waals surface area contributed by atoms with Crippen LogP contribution in [0.3, 0.4) is 0 Å². The molecular weight excluding hydrogens is 392 g/mol. The van der Waals surface area contributed by atoms with Gasteiger partial charge in [-0.25, -0.2) is 9.78 Å². The number of carbonyl (C=O) groups is 1. The van der Waals surface area contributed by atoms with E-state index in [-0.39, 0.29) is 0 Å². The number of hydrogen-bond donors (Lipinski definition) is 1. The molecule has 0 radical (unpaired) electrons. The number of anilines is 1. The van der Waals surface area contributed by atoms with Crippen molar-refractivity contribution in [1.29, 1.82) is 0 Å². The van der Waals surface area contributed by atoms with E-state index in [1.54, 1.807) is 17.8 Å². The van der Waals surface area contributed by atoms with Gasteiger partial charge < -0.3 is 10.1 Å². The van der Waals surface area contributed by atoms with Gasteiger partial charge in [-0.2, -0.15) is 10.1 Å². The van der Waals surface area contributed by atoms with Crippen LogP contribution in [-0.2, 0) is 11.3 Å². The van der Waals surface area contributed by atoms with E-state index in [4.69, 9.17) is 4.74 Å². The Morgan fingerprint density at radius 1 is 1.16 bits per heavy atom. The summed E-state index contributed by atoms with van der Waals surface area (Å²) in [6.07, 6.45) is 7.28. The average Bonchev–Trinajstić information content (AvgIpc) is 3.42. The number of imidazole rings is 1. The summed E-state index contributed by atoms with van der Waals surface area (Å²) in [5.41, 5.74) is 3.68. The predicted octanol–water partition coefficient (Wildman–Crippen LogP) is 4.26. The maximum atomic E-state index is 12.4. The number of rotatable bonds is 7. The Balaban J connectivity index is 1.67. The molecule has 0 aliphatic rings. The van der Waals surface area contributed by atoms with Crippen LogP contribution in [0, 0.1) is 0 Å². The van der Waals surface area contributed by atoms with Gasteiger partial charge >= 0.3 is 5.97 Å². The van der Waals surface area contributed by atoms with Gasteiger partial charge in [-0.1, -0.05) is 36.4 Å². The van der Waals surface area contributed by atoms with Crippen molar-refractivity contribution in [2.75, 3.05) is 11.9 Å². The number of benzene rings is 1. The average molecular weight is 416 g/mol. The second-order valence-electron chi connectivity index (χ2n) is 6.78. The molecule has 4 rings (SSSR count). The highest BCUT2D eigenvalue weighted by atomic mass is 16.5. The molecule has 31 heavy (non-hydrogen) atoms. The molecule has 0 unspecified atom stereocenters. The van der Waals surface area contributed by atoms with Crippen molar-refractivity contribution in [2.45, 2.75) is 27.3 Å². The number of esters is 1. The Labute approximate surface area is 180 Å². The number of carbonyl (C=O) groups excluding carboxylic acids is 1. The van der Waals surface area contributed by atoms with Crippen LogP contribution in [-0.4, -0.2) is 36.7 Å². The van der Waals surface area contributed by atoms with Gasteiger partial charge in [0.2, 0.25) is 5.78 Å². The van der Waals surface area contributed by atoms with Gasteiger partial charge in [0.15, 0.2) is 0 Å². The molecule has 0 aliphatic heterocycles. The minimum atomic E-state index is -0.400. The normalized spacial score (nSPS) is 11.6. The molecule has 158 valence electrons. The Morgan fingerprint density at radius 2 is 1.97 bits per heavy atom. The molecule has 0 saturated heterocycles. The van der Waals surface area contributed by atoms with Gasteiger partial charge in [0, 0.05) is 24.5 Å². The summed E-state index contributed by atoms with van der Waals surface area (Å²) in [6.45, 7) is 6.56. The van der Waals surface area contributed by atoms with Crippen molar-refractivity contribution in [3.8, 4) is 11.3 Å². The van der Waals surface area contributed by atoms with E-state index in [9.17, 15) is 4.79 Å². The van der Waals surface area contributed by atoms with Crippen molar-refractivity contribution < 1.29 is 9.53 Å². The van der Waals surface area contributed by atoms with Crippen LogP contribution < -0.4 is 5.32 Å². The highest BCUT2D eigenvalue weighted by molar-refractivity contribution is 5.95. The molecule has 0 amide bonds. The number of ether oxygens (including phenoxy) is 1. The molecule has 0 saturated carbocycles. The zero-order chi connectivity index (χ0) is 21.8. The fourth-order valence-electron chi connectivity index (χ4n) is 3.36. The summed E-state index contributed by atoms with van der Waals surface area (Å²) in [7, 11) is 0. The zero-order valence-corrected chi connectivity index (χ0v) is 17.7. The topological polar surface area (TPSA) is 86.3 Å². The second-order valence-corrected chi connectivity index (χ2v) is 6.78.